The van der Waals surface area contributed by atoms with E-state index in [2.05, 4.69) is 9.97 Å². The van der Waals surface area contributed by atoms with Crippen LogP contribution in [0.2, 0.25) is 0 Å². The fraction of sp³-hybridized carbons (Fsp3) is 0.182. The van der Waals surface area contributed by atoms with Crippen molar-refractivity contribution in [1.82, 2.24) is 14.5 Å². The summed E-state index contributed by atoms with van der Waals surface area (Å²) in [5.41, 5.74) is 2.48. The lowest BCUT2D eigenvalue weighted by atomic mass is 10.2. The molecule has 76 valence electrons. The van der Waals surface area contributed by atoms with Crippen LogP contribution in [0.3, 0.4) is 0 Å². The number of nitrogens with zero attached hydrogens (tertiary/aromatic N) is 3. The Hall–Kier alpha value is -1.97. The topological polar surface area (TPSA) is 47.8 Å². The quantitative estimate of drug-likeness (QED) is 0.695. The average Bonchev–Trinajstić information content (AvgIpc) is 2.65. The molecule has 0 bridgehead atoms. The van der Waals surface area contributed by atoms with Gasteiger partial charge in [-0.3, -0.25) is 9.36 Å². The molecule has 0 fully saturated rings. The molecule has 0 aromatic carbocycles. The molecule has 0 saturated heterocycles. The lowest BCUT2D eigenvalue weighted by Crippen LogP contribution is -1.97. The van der Waals surface area contributed by atoms with Crippen LogP contribution >= 0.6 is 0 Å². The monoisotopic (exact) mass is 201 g/mol. The Bertz CT molecular complexity index is 502. The molecule has 4 nitrogen and oxygen atoms in total. The summed E-state index contributed by atoms with van der Waals surface area (Å²) < 4.78 is 1.83. The number of imidazole rings is 1. The molecule has 0 atom stereocenters. The Labute approximate surface area is 87.6 Å². The SMILES string of the molecule is Cc1cn(-c2cc(C)c(C=O)cn2)cn1. The predicted octanol–water partition coefficient (Wildman–Crippen LogP) is 1.70. The van der Waals surface area contributed by atoms with E-state index in [1.165, 1.54) is 0 Å². The number of aromatic nitrogens is 3. The van der Waals surface area contributed by atoms with E-state index in [4.69, 9.17) is 0 Å². The number of carbonyl (C=O) groups excluding carboxylic acids is 1. The fourth-order valence-electron chi connectivity index (χ4n) is 1.36. The molecule has 0 aliphatic rings. The van der Waals surface area contributed by atoms with E-state index in [-0.39, 0.29) is 0 Å². The number of hydrogen-bond acceptors (Lipinski definition) is 3. The first kappa shape index (κ1) is 9.58. The maximum absolute atomic E-state index is 10.6. The summed E-state index contributed by atoms with van der Waals surface area (Å²) in [6.07, 6.45) is 5.98. The summed E-state index contributed by atoms with van der Waals surface area (Å²) in [7, 11) is 0. The average molecular weight is 201 g/mol. The second-order valence-corrected chi connectivity index (χ2v) is 3.44. The normalized spacial score (nSPS) is 10.3. The molecule has 0 unspecified atom stereocenters. The van der Waals surface area contributed by atoms with Gasteiger partial charge < -0.3 is 0 Å². The Morgan fingerprint density at radius 2 is 2.13 bits per heavy atom. The number of aldehydes is 1. The number of pyridine rings is 1. The van der Waals surface area contributed by atoms with Crippen molar-refractivity contribution in [3.63, 3.8) is 0 Å². The van der Waals surface area contributed by atoms with Crippen molar-refractivity contribution in [2.75, 3.05) is 0 Å². The minimum absolute atomic E-state index is 0.621. The molecule has 0 amide bonds. The van der Waals surface area contributed by atoms with Crippen molar-refractivity contribution >= 4 is 6.29 Å². The minimum Gasteiger partial charge on any atom is -0.298 e. The largest absolute Gasteiger partial charge is 0.298 e. The Morgan fingerprint density at radius 1 is 1.33 bits per heavy atom. The number of rotatable bonds is 2. The molecule has 15 heavy (non-hydrogen) atoms. The third kappa shape index (κ3) is 1.79. The summed E-state index contributed by atoms with van der Waals surface area (Å²) in [4.78, 5) is 18.9. The summed E-state index contributed by atoms with van der Waals surface area (Å²) in [5.74, 6) is 0.777. The lowest BCUT2D eigenvalue weighted by molar-refractivity contribution is 0.112. The van der Waals surface area contributed by atoms with Crippen molar-refractivity contribution in [3.8, 4) is 5.82 Å². The van der Waals surface area contributed by atoms with Gasteiger partial charge in [-0.2, -0.15) is 0 Å². The molecule has 2 heterocycles. The molecular formula is C11H11N3O. The third-order valence-electron chi connectivity index (χ3n) is 2.24. The van der Waals surface area contributed by atoms with E-state index < -0.39 is 0 Å². The van der Waals surface area contributed by atoms with Gasteiger partial charge in [-0.1, -0.05) is 0 Å². The highest BCUT2D eigenvalue weighted by atomic mass is 16.1. The van der Waals surface area contributed by atoms with Crippen molar-refractivity contribution in [2.24, 2.45) is 0 Å². The van der Waals surface area contributed by atoms with Crippen LogP contribution in [0.4, 0.5) is 0 Å². The van der Waals surface area contributed by atoms with Crippen LogP contribution in [0.25, 0.3) is 5.82 Å². The van der Waals surface area contributed by atoms with Crippen LogP contribution in [0.15, 0.2) is 24.8 Å². The Kier molecular flexibility index (Phi) is 2.33. The van der Waals surface area contributed by atoms with Gasteiger partial charge in [0.2, 0.25) is 0 Å². The molecular weight excluding hydrogens is 190 g/mol. The zero-order chi connectivity index (χ0) is 10.8. The van der Waals surface area contributed by atoms with Gasteiger partial charge in [0.1, 0.15) is 12.1 Å². The van der Waals surface area contributed by atoms with Crippen molar-refractivity contribution in [3.05, 3.63) is 41.6 Å². The van der Waals surface area contributed by atoms with Gasteiger partial charge in [0.25, 0.3) is 0 Å². The summed E-state index contributed by atoms with van der Waals surface area (Å²) in [5, 5.41) is 0. The van der Waals surface area contributed by atoms with E-state index in [9.17, 15) is 4.79 Å². The fourth-order valence-corrected chi connectivity index (χ4v) is 1.36. The first-order valence-electron chi connectivity index (χ1n) is 4.63. The zero-order valence-corrected chi connectivity index (χ0v) is 8.64. The van der Waals surface area contributed by atoms with E-state index in [1.54, 1.807) is 12.5 Å². The highest BCUT2D eigenvalue weighted by molar-refractivity contribution is 5.76. The number of hydrogen-bond donors (Lipinski definition) is 0. The van der Waals surface area contributed by atoms with Crippen LogP contribution in [0.1, 0.15) is 21.6 Å². The van der Waals surface area contributed by atoms with Crippen LogP contribution in [0, 0.1) is 13.8 Å². The van der Waals surface area contributed by atoms with E-state index in [0.717, 1.165) is 23.4 Å². The van der Waals surface area contributed by atoms with Crippen LogP contribution in [0.5, 0.6) is 0 Å². The van der Waals surface area contributed by atoms with Gasteiger partial charge in [-0.25, -0.2) is 9.97 Å². The second kappa shape index (κ2) is 3.65. The smallest absolute Gasteiger partial charge is 0.151 e. The van der Waals surface area contributed by atoms with Crippen molar-refractivity contribution in [2.45, 2.75) is 13.8 Å². The highest BCUT2D eigenvalue weighted by Gasteiger charge is 2.02. The van der Waals surface area contributed by atoms with Gasteiger partial charge in [-0.15, -0.1) is 0 Å². The van der Waals surface area contributed by atoms with E-state index in [0.29, 0.717) is 5.56 Å². The summed E-state index contributed by atoms with van der Waals surface area (Å²) in [6.45, 7) is 3.81. The number of aryl methyl sites for hydroxylation is 2. The molecule has 2 rings (SSSR count). The second-order valence-electron chi connectivity index (χ2n) is 3.44. The third-order valence-corrected chi connectivity index (χ3v) is 2.24. The Morgan fingerprint density at radius 3 is 2.67 bits per heavy atom. The maximum atomic E-state index is 10.6. The summed E-state index contributed by atoms with van der Waals surface area (Å²) in [6, 6.07) is 1.87. The van der Waals surface area contributed by atoms with Gasteiger partial charge in [-0.05, 0) is 25.5 Å². The van der Waals surface area contributed by atoms with Gasteiger partial charge >= 0.3 is 0 Å². The lowest BCUT2D eigenvalue weighted by Gasteiger charge is -2.03. The molecule has 0 spiro atoms. The van der Waals surface area contributed by atoms with Gasteiger partial charge in [0.05, 0.1) is 5.69 Å². The highest BCUT2D eigenvalue weighted by Crippen LogP contribution is 2.10. The van der Waals surface area contributed by atoms with Crippen molar-refractivity contribution < 1.29 is 4.79 Å². The Balaban J connectivity index is 2.46. The maximum Gasteiger partial charge on any atom is 0.151 e. The van der Waals surface area contributed by atoms with Crippen LogP contribution < -0.4 is 0 Å². The standard InChI is InChI=1S/C11H11N3O/c1-8-3-11(12-4-10(8)6-15)14-5-9(2)13-7-14/h3-7H,1-2H3. The molecule has 0 N–H and O–H groups in total. The van der Waals surface area contributed by atoms with E-state index in [1.807, 2.05) is 30.7 Å². The first-order chi connectivity index (χ1) is 7.20. The summed E-state index contributed by atoms with van der Waals surface area (Å²) >= 11 is 0. The molecule has 2 aromatic heterocycles. The van der Waals surface area contributed by atoms with Crippen molar-refractivity contribution in [1.29, 1.82) is 0 Å². The molecule has 0 aliphatic heterocycles. The molecule has 2 aromatic rings. The molecule has 0 aliphatic carbocycles. The van der Waals surface area contributed by atoms with Gasteiger partial charge in [0, 0.05) is 18.0 Å². The molecule has 0 saturated carbocycles. The van der Waals surface area contributed by atoms with E-state index >= 15 is 0 Å². The zero-order valence-electron chi connectivity index (χ0n) is 8.64. The number of carbonyl (C=O) groups is 1. The molecule has 0 radical (unpaired) electrons. The van der Waals surface area contributed by atoms with Crippen LogP contribution in [-0.4, -0.2) is 20.8 Å². The van der Waals surface area contributed by atoms with Crippen LogP contribution in [-0.2, 0) is 0 Å². The molecule has 4 heteroatoms. The van der Waals surface area contributed by atoms with Gasteiger partial charge in [0.15, 0.2) is 6.29 Å². The predicted molar refractivity (Wildman–Crippen MR) is 56.2 cm³/mol. The minimum atomic E-state index is 0.621. The first-order valence-corrected chi connectivity index (χ1v) is 4.63.